The quantitative estimate of drug-likeness (QED) is 0.140. The Morgan fingerprint density at radius 3 is 0.839 bits per heavy atom. The van der Waals surface area contributed by atoms with E-state index in [1.807, 2.05) is 77.9 Å². The van der Waals surface area contributed by atoms with E-state index in [4.69, 9.17) is 0 Å². The first kappa shape index (κ1) is 60.7. The number of urea groups is 3. The minimum Gasteiger partial charge on any atom is -0.338 e. The zero-order valence-corrected chi connectivity index (χ0v) is 47.1. The van der Waals surface area contributed by atoms with Crippen molar-refractivity contribution in [1.82, 2.24) is 44.4 Å². The third-order valence-electron chi connectivity index (χ3n) is 18.1. The Labute approximate surface area is 503 Å². The molecule has 0 aliphatic carbocycles. The van der Waals surface area contributed by atoms with Gasteiger partial charge in [0.2, 0.25) is 0 Å². The van der Waals surface area contributed by atoms with Crippen molar-refractivity contribution in [3.8, 4) is 0 Å². The summed E-state index contributed by atoms with van der Waals surface area (Å²) in [5.41, 5.74) is 10.9. The summed E-state index contributed by atoms with van der Waals surface area (Å²) in [6, 6.07) is 41.2. The van der Waals surface area contributed by atoms with Gasteiger partial charge in [-0.15, -0.1) is 0 Å². The first-order valence-corrected chi connectivity index (χ1v) is 28.0. The van der Waals surface area contributed by atoms with Crippen LogP contribution in [0, 0.1) is 17.5 Å². The molecule has 3 N–H and O–H groups in total. The lowest BCUT2D eigenvalue weighted by molar-refractivity contribution is -0.124. The van der Waals surface area contributed by atoms with Crippen LogP contribution in [0.1, 0.15) is 114 Å². The van der Waals surface area contributed by atoms with E-state index in [1.165, 1.54) is 36.4 Å². The van der Waals surface area contributed by atoms with Gasteiger partial charge in [-0.1, -0.05) is 155 Å². The molecule has 3 atom stereocenters. The molecule has 450 valence electrons. The number of imide groups is 3. The number of benzene rings is 6. The predicted molar refractivity (Wildman–Crippen MR) is 330 cm³/mol. The summed E-state index contributed by atoms with van der Waals surface area (Å²) in [4.78, 5) is 79.5. The summed E-state index contributed by atoms with van der Waals surface area (Å²) in [6.45, 7) is 15.0. The lowest BCUT2D eigenvalue weighted by Crippen LogP contribution is -2.52. The summed E-state index contributed by atoms with van der Waals surface area (Å²) in [7, 11) is 0. The average Bonchev–Trinajstić information content (AvgIpc) is 1.59. The third-order valence-corrected chi connectivity index (χ3v) is 18.1. The van der Waals surface area contributed by atoms with Gasteiger partial charge in [0.15, 0.2) is 0 Å². The summed E-state index contributed by atoms with van der Waals surface area (Å²) < 4.78 is 46.6. The van der Waals surface area contributed by atoms with Gasteiger partial charge in [-0.3, -0.25) is 30.3 Å². The highest BCUT2D eigenvalue weighted by Gasteiger charge is 2.56. The molecule has 0 spiro atoms. The van der Waals surface area contributed by atoms with Crippen LogP contribution in [0.2, 0.25) is 0 Å². The molecule has 18 heteroatoms. The van der Waals surface area contributed by atoms with E-state index >= 15 is 0 Å². The second-order valence-electron chi connectivity index (χ2n) is 24.3. The minimum atomic E-state index is -0.530. The van der Waals surface area contributed by atoms with E-state index in [9.17, 15) is 41.9 Å². The van der Waals surface area contributed by atoms with Gasteiger partial charge in [-0.25, -0.2) is 27.6 Å². The van der Waals surface area contributed by atoms with Crippen LogP contribution < -0.4 is 16.0 Å². The molecule has 15 rings (SSSR count). The van der Waals surface area contributed by atoms with Crippen LogP contribution in [0.5, 0.6) is 0 Å². The predicted octanol–water partition coefficient (Wildman–Crippen LogP) is 12.5. The second-order valence-corrected chi connectivity index (χ2v) is 24.3. The van der Waals surface area contributed by atoms with Crippen molar-refractivity contribution in [3.05, 3.63) is 214 Å². The summed E-state index contributed by atoms with van der Waals surface area (Å²) in [5.74, 6) is -1.51. The fourth-order valence-corrected chi connectivity index (χ4v) is 14.6. The Hall–Kier alpha value is -9.45. The largest absolute Gasteiger partial charge is 0.338 e. The number of carbonyl (C=O) groups is 6. The third kappa shape index (κ3) is 9.69. The number of nitrogens with zero attached hydrogens (tertiary/aromatic N) is 6. The highest BCUT2D eigenvalue weighted by Crippen LogP contribution is 2.49. The number of hydrogen-bond acceptors (Lipinski definition) is 6. The lowest BCUT2D eigenvalue weighted by Gasteiger charge is -2.41. The number of hydrogen-bond donors (Lipinski definition) is 3. The fraction of sp³-hybridized carbons (Fsp3) is 0.304. The molecule has 3 unspecified atom stereocenters. The number of carbonyl (C=O) groups excluding carboxylic acids is 6. The van der Waals surface area contributed by atoms with Crippen LogP contribution in [-0.2, 0) is 69.9 Å². The molecule has 9 amide bonds. The molecule has 6 aromatic carbocycles. The van der Waals surface area contributed by atoms with Crippen LogP contribution in [0.25, 0.3) is 32.7 Å². The molecule has 0 saturated carbocycles. The van der Waals surface area contributed by atoms with Gasteiger partial charge in [-0.05, 0) is 88.0 Å². The number of amides is 9. The maximum absolute atomic E-state index is 13.3. The monoisotopic (exact) mass is 1180 g/mol. The summed E-state index contributed by atoms with van der Waals surface area (Å²) in [6.07, 6.45) is 0. The van der Waals surface area contributed by atoms with E-state index in [1.54, 1.807) is 51.1 Å². The highest BCUT2D eigenvalue weighted by atomic mass is 19.1. The SMILES string of the molecule is C.C.C.CC1(C)c2c(n(Cc3ccc(F)cc3)c3ccccc23)CN2C(=O)NC(=O)C21.CC1(C)c2c(n(Cc3ccc(F)cc3)c3ccccc23)CN2C(=O)NC(=O)C21.CC1(C)c2c(n(Cc3ccc(F)cc3)c3ccccc23)CN2C(=O)NC(=O)C21. The van der Waals surface area contributed by atoms with Gasteiger partial charge in [-0.2, -0.15) is 0 Å². The molecule has 3 fully saturated rings. The number of para-hydroxylation sites is 3. The first-order chi connectivity index (χ1) is 40.1. The van der Waals surface area contributed by atoms with Crippen LogP contribution >= 0.6 is 0 Å². The molecule has 6 aliphatic heterocycles. The Morgan fingerprint density at radius 2 is 0.598 bits per heavy atom. The van der Waals surface area contributed by atoms with E-state index < -0.39 is 34.4 Å². The topological polar surface area (TPSA) is 163 Å². The first-order valence-electron chi connectivity index (χ1n) is 28.0. The molecule has 0 bridgehead atoms. The number of rotatable bonds is 6. The molecule has 6 aliphatic rings. The van der Waals surface area contributed by atoms with Crippen LogP contribution in [0.15, 0.2) is 146 Å². The normalized spacial score (nSPS) is 19.6. The Balaban J connectivity index is 0.000000142. The zero-order valence-electron chi connectivity index (χ0n) is 47.1. The zero-order chi connectivity index (χ0) is 58.9. The maximum atomic E-state index is 13.3. The summed E-state index contributed by atoms with van der Waals surface area (Å²) >= 11 is 0. The Morgan fingerprint density at radius 1 is 0.368 bits per heavy atom. The molecule has 0 radical (unpaired) electrons. The second kappa shape index (κ2) is 22.1. The molecule has 9 heterocycles. The maximum Gasteiger partial charge on any atom is 0.325 e. The van der Waals surface area contributed by atoms with Crippen molar-refractivity contribution in [2.75, 3.05) is 0 Å². The van der Waals surface area contributed by atoms with E-state index in [0.717, 1.165) is 83.2 Å². The smallest absolute Gasteiger partial charge is 0.325 e. The molecule has 3 saturated heterocycles. The van der Waals surface area contributed by atoms with Crippen molar-refractivity contribution >= 4 is 68.5 Å². The number of fused-ring (bicyclic) bond motifs is 12. The number of nitrogens with one attached hydrogen (secondary N) is 3. The molecule has 9 aromatic rings. The van der Waals surface area contributed by atoms with Gasteiger partial charge >= 0.3 is 18.1 Å². The fourth-order valence-electron chi connectivity index (χ4n) is 14.6. The summed E-state index contributed by atoms with van der Waals surface area (Å²) in [5, 5.41) is 10.7. The van der Waals surface area contributed by atoms with Crippen LogP contribution in [-0.4, -0.2) is 82.3 Å². The van der Waals surface area contributed by atoms with Crippen LogP contribution in [0.4, 0.5) is 27.6 Å². The van der Waals surface area contributed by atoms with E-state index in [2.05, 4.69) is 66.0 Å². The van der Waals surface area contributed by atoms with Gasteiger partial charge in [0.25, 0.3) is 17.7 Å². The minimum absolute atomic E-state index is 0. The molecule has 87 heavy (non-hydrogen) atoms. The van der Waals surface area contributed by atoms with Gasteiger partial charge in [0, 0.05) is 85.7 Å². The number of aromatic nitrogens is 3. The van der Waals surface area contributed by atoms with Crippen molar-refractivity contribution < 1.29 is 41.9 Å². The Bertz CT molecular complexity index is 3820. The van der Waals surface area contributed by atoms with Crippen molar-refractivity contribution in [1.29, 1.82) is 0 Å². The van der Waals surface area contributed by atoms with Crippen molar-refractivity contribution in [2.45, 2.75) is 137 Å². The molecule has 3 aromatic heterocycles. The lowest BCUT2D eigenvalue weighted by atomic mass is 9.73. The van der Waals surface area contributed by atoms with Gasteiger partial charge < -0.3 is 28.4 Å². The van der Waals surface area contributed by atoms with E-state index in [-0.39, 0.29) is 75.5 Å². The van der Waals surface area contributed by atoms with Crippen LogP contribution in [0.3, 0.4) is 0 Å². The van der Waals surface area contributed by atoms with Crippen molar-refractivity contribution in [3.63, 3.8) is 0 Å². The molecular weight excluding hydrogens is 1110 g/mol. The molecular formula is C69H72F3N9O6. The van der Waals surface area contributed by atoms with Crippen molar-refractivity contribution in [2.24, 2.45) is 0 Å². The van der Waals surface area contributed by atoms with E-state index in [0.29, 0.717) is 39.3 Å². The average molecular weight is 1180 g/mol. The van der Waals surface area contributed by atoms with Gasteiger partial charge in [0.1, 0.15) is 35.6 Å². The highest BCUT2D eigenvalue weighted by molar-refractivity contribution is 6.08. The van der Waals surface area contributed by atoms with Gasteiger partial charge in [0.05, 0.1) is 19.6 Å². The Kier molecular flexibility index (Phi) is 15.4. The molecule has 15 nitrogen and oxygen atoms in total. The standard InChI is InChI=1S/3C22H20FN3O2.3CH4/c3*1-22(2)18-15-5-3-4-6-16(15)25(11-13-7-9-14(23)10-8-13)17(18)12-26-19(22)20(27)24-21(26)28;;;/h3*3-10,19H,11-12H2,1-2H3,(H,24,27,28);3*1H4. The number of halogens is 3.